The minimum absolute atomic E-state index is 0.0711. The molecule has 0 aliphatic rings. The lowest BCUT2D eigenvalue weighted by Gasteiger charge is -2.13. The summed E-state index contributed by atoms with van der Waals surface area (Å²) in [5, 5.41) is 0. The van der Waals surface area contributed by atoms with Crippen molar-refractivity contribution < 1.29 is 22.6 Å². The minimum atomic E-state index is -4.30. The summed E-state index contributed by atoms with van der Waals surface area (Å²) in [4.78, 5) is 0. The van der Waals surface area contributed by atoms with Crippen molar-refractivity contribution in [2.24, 2.45) is 0 Å². The van der Waals surface area contributed by atoms with E-state index in [-0.39, 0.29) is 13.2 Å². The molecule has 102 valence electrons. The number of hydrogen-bond acceptors (Lipinski definition) is 3. The Labute approximate surface area is 104 Å². The van der Waals surface area contributed by atoms with Crippen molar-refractivity contribution >= 4 is 5.69 Å². The van der Waals surface area contributed by atoms with Crippen LogP contribution in [0.1, 0.15) is 11.1 Å². The van der Waals surface area contributed by atoms with Crippen LogP contribution in [0.15, 0.2) is 12.1 Å². The molecule has 0 spiro atoms. The van der Waals surface area contributed by atoms with Gasteiger partial charge in [-0.05, 0) is 37.1 Å². The fraction of sp³-hybridized carbons (Fsp3) is 0.500. The van der Waals surface area contributed by atoms with Gasteiger partial charge in [-0.1, -0.05) is 0 Å². The molecule has 0 bridgehead atoms. The van der Waals surface area contributed by atoms with Gasteiger partial charge in [-0.2, -0.15) is 13.2 Å². The number of nitrogen functional groups attached to an aromatic ring is 1. The van der Waals surface area contributed by atoms with E-state index in [0.717, 1.165) is 11.1 Å². The van der Waals surface area contributed by atoms with Gasteiger partial charge in [-0.3, -0.25) is 0 Å². The van der Waals surface area contributed by atoms with Crippen LogP contribution in [0.25, 0.3) is 0 Å². The number of halogens is 3. The molecule has 6 heteroatoms. The van der Waals surface area contributed by atoms with Gasteiger partial charge in [0.05, 0.1) is 6.61 Å². The molecule has 18 heavy (non-hydrogen) atoms. The molecule has 0 aliphatic heterocycles. The van der Waals surface area contributed by atoms with Crippen LogP contribution in [0.4, 0.5) is 18.9 Å². The quantitative estimate of drug-likeness (QED) is 0.656. The van der Waals surface area contributed by atoms with Crippen molar-refractivity contribution in [3.05, 3.63) is 23.3 Å². The first-order valence-corrected chi connectivity index (χ1v) is 5.43. The minimum Gasteiger partial charge on any atom is -0.491 e. The van der Waals surface area contributed by atoms with E-state index in [2.05, 4.69) is 4.74 Å². The Kier molecular flexibility index (Phi) is 4.84. The van der Waals surface area contributed by atoms with Crippen LogP contribution in [-0.2, 0) is 4.74 Å². The second-order valence-corrected chi connectivity index (χ2v) is 4.00. The monoisotopic (exact) mass is 263 g/mol. The molecular weight excluding hydrogens is 247 g/mol. The largest absolute Gasteiger partial charge is 0.491 e. The third kappa shape index (κ3) is 4.83. The molecule has 0 atom stereocenters. The van der Waals surface area contributed by atoms with Crippen LogP contribution in [0, 0.1) is 13.8 Å². The van der Waals surface area contributed by atoms with Crippen molar-refractivity contribution in [2.45, 2.75) is 20.0 Å². The van der Waals surface area contributed by atoms with Gasteiger partial charge in [-0.15, -0.1) is 0 Å². The van der Waals surface area contributed by atoms with Crippen LogP contribution in [0.2, 0.25) is 0 Å². The maximum atomic E-state index is 11.8. The maximum Gasteiger partial charge on any atom is 0.411 e. The molecule has 0 radical (unpaired) electrons. The molecular formula is C12H16F3NO2. The average molecular weight is 263 g/mol. The lowest BCUT2D eigenvalue weighted by Crippen LogP contribution is -2.19. The zero-order chi connectivity index (χ0) is 13.8. The van der Waals surface area contributed by atoms with Gasteiger partial charge in [0, 0.05) is 5.69 Å². The summed E-state index contributed by atoms with van der Waals surface area (Å²) >= 11 is 0. The molecule has 0 aromatic heterocycles. The molecule has 0 amide bonds. The molecule has 0 unspecified atom stereocenters. The number of hydrogen-bond donors (Lipinski definition) is 1. The standard InChI is InChI=1S/C12H16F3NO2/c1-8-5-10(16)6-9(2)11(8)18-4-3-17-7-12(13,14)15/h5-6H,3-4,7,16H2,1-2H3. The van der Waals surface area contributed by atoms with Gasteiger partial charge in [0.25, 0.3) is 0 Å². The second kappa shape index (κ2) is 5.95. The van der Waals surface area contributed by atoms with Crippen LogP contribution in [-0.4, -0.2) is 26.0 Å². The summed E-state index contributed by atoms with van der Waals surface area (Å²) in [6.45, 7) is 2.37. The summed E-state index contributed by atoms with van der Waals surface area (Å²) in [6, 6.07) is 3.50. The van der Waals surface area contributed by atoms with Crippen LogP contribution in [0.5, 0.6) is 5.75 Å². The molecule has 1 rings (SSSR count). The lowest BCUT2D eigenvalue weighted by atomic mass is 10.1. The smallest absolute Gasteiger partial charge is 0.411 e. The lowest BCUT2D eigenvalue weighted by molar-refractivity contribution is -0.175. The van der Waals surface area contributed by atoms with E-state index >= 15 is 0 Å². The molecule has 0 fully saturated rings. The van der Waals surface area contributed by atoms with E-state index in [1.807, 2.05) is 13.8 Å². The van der Waals surface area contributed by atoms with Crippen molar-refractivity contribution in [2.75, 3.05) is 25.6 Å². The average Bonchev–Trinajstić information content (AvgIpc) is 2.19. The van der Waals surface area contributed by atoms with Gasteiger partial charge in [0.2, 0.25) is 0 Å². The van der Waals surface area contributed by atoms with E-state index < -0.39 is 12.8 Å². The molecule has 2 N–H and O–H groups in total. The van der Waals surface area contributed by atoms with Crippen LogP contribution >= 0.6 is 0 Å². The number of nitrogens with two attached hydrogens (primary N) is 1. The number of aryl methyl sites for hydroxylation is 2. The molecule has 3 nitrogen and oxygen atoms in total. The number of anilines is 1. The Bertz CT molecular complexity index is 382. The zero-order valence-corrected chi connectivity index (χ0v) is 10.3. The predicted molar refractivity (Wildman–Crippen MR) is 62.7 cm³/mol. The predicted octanol–water partition coefficient (Wildman–Crippen LogP) is 2.84. The summed E-state index contributed by atoms with van der Waals surface area (Å²) in [5.74, 6) is 0.639. The van der Waals surface area contributed by atoms with Gasteiger partial charge in [0.15, 0.2) is 0 Å². The molecule has 1 aromatic carbocycles. The maximum absolute atomic E-state index is 11.8. The molecule has 0 heterocycles. The Morgan fingerprint density at radius 2 is 1.67 bits per heavy atom. The van der Waals surface area contributed by atoms with E-state index in [9.17, 15) is 13.2 Å². The highest BCUT2D eigenvalue weighted by atomic mass is 19.4. The number of rotatable bonds is 5. The van der Waals surface area contributed by atoms with E-state index in [1.165, 1.54) is 0 Å². The van der Waals surface area contributed by atoms with Crippen molar-refractivity contribution in [3.63, 3.8) is 0 Å². The van der Waals surface area contributed by atoms with E-state index in [1.54, 1.807) is 12.1 Å². The molecule has 0 saturated carbocycles. The van der Waals surface area contributed by atoms with Gasteiger partial charge in [0.1, 0.15) is 19.0 Å². The Hall–Kier alpha value is -1.43. The van der Waals surface area contributed by atoms with E-state index in [4.69, 9.17) is 10.5 Å². The third-order valence-corrected chi connectivity index (χ3v) is 2.22. The first-order chi connectivity index (χ1) is 8.29. The first-order valence-electron chi connectivity index (χ1n) is 5.43. The first kappa shape index (κ1) is 14.6. The summed E-state index contributed by atoms with van der Waals surface area (Å²) in [7, 11) is 0. The summed E-state index contributed by atoms with van der Waals surface area (Å²) in [5.41, 5.74) is 7.98. The highest BCUT2D eigenvalue weighted by Gasteiger charge is 2.27. The van der Waals surface area contributed by atoms with Crippen LogP contribution < -0.4 is 10.5 Å². The topological polar surface area (TPSA) is 44.5 Å². The summed E-state index contributed by atoms with van der Waals surface area (Å²) in [6.07, 6.45) is -4.30. The van der Waals surface area contributed by atoms with Gasteiger partial charge in [-0.25, -0.2) is 0 Å². The van der Waals surface area contributed by atoms with Gasteiger partial charge < -0.3 is 15.2 Å². The van der Waals surface area contributed by atoms with Crippen LogP contribution in [0.3, 0.4) is 0 Å². The van der Waals surface area contributed by atoms with Gasteiger partial charge >= 0.3 is 6.18 Å². The fourth-order valence-corrected chi connectivity index (χ4v) is 1.60. The highest BCUT2D eigenvalue weighted by molar-refractivity contribution is 5.52. The molecule has 0 aliphatic carbocycles. The Morgan fingerprint density at radius 3 is 2.17 bits per heavy atom. The van der Waals surface area contributed by atoms with Crippen molar-refractivity contribution in [3.8, 4) is 5.75 Å². The normalized spacial score (nSPS) is 11.6. The Balaban J connectivity index is 2.41. The third-order valence-electron chi connectivity index (χ3n) is 2.22. The summed E-state index contributed by atoms with van der Waals surface area (Å²) < 4.78 is 45.2. The Morgan fingerprint density at radius 1 is 1.11 bits per heavy atom. The number of ether oxygens (including phenoxy) is 2. The fourth-order valence-electron chi connectivity index (χ4n) is 1.60. The highest BCUT2D eigenvalue weighted by Crippen LogP contribution is 2.25. The molecule has 0 saturated heterocycles. The van der Waals surface area contributed by atoms with Crippen molar-refractivity contribution in [1.82, 2.24) is 0 Å². The second-order valence-electron chi connectivity index (χ2n) is 4.00. The van der Waals surface area contributed by atoms with Crippen molar-refractivity contribution in [1.29, 1.82) is 0 Å². The SMILES string of the molecule is Cc1cc(N)cc(C)c1OCCOCC(F)(F)F. The van der Waals surface area contributed by atoms with E-state index in [0.29, 0.717) is 11.4 Å². The molecule has 1 aromatic rings. The number of alkyl halides is 3. The number of benzene rings is 1. The zero-order valence-electron chi connectivity index (χ0n) is 10.3.